The highest BCUT2D eigenvalue weighted by Crippen LogP contribution is 2.33. The average molecular weight is 271 g/mol. The summed E-state index contributed by atoms with van der Waals surface area (Å²) in [5.41, 5.74) is 1.16. The summed E-state index contributed by atoms with van der Waals surface area (Å²) in [6, 6.07) is 5.01. The second-order valence-corrected chi connectivity index (χ2v) is 3.97. The number of rotatable bonds is 2. The Morgan fingerprint density at radius 1 is 0.842 bits per heavy atom. The summed E-state index contributed by atoms with van der Waals surface area (Å²) < 4.78 is 57.7. The van der Waals surface area contributed by atoms with Gasteiger partial charge in [0.2, 0.25) is 17.4 Å². The van der Waals surface area contributed by atoms with Gasteiger partial charge < -0.3 is 4.74 Å². The van der Waals surface area contributed by atoms with Crippen molar-refractivity contribution in [3.63, 3.8) is 0 Å². The van der Waals surface area contributed by atoms with Crippen LogP contribution >= 0.6 is 0 Å². The van der Waals surface area contributed by atoms with E-state index in [4.69, 9.17) is 4.74 Å². The average Bonchev–Trinajstić information content (AvgIpc) is 2.35. The lowest BCUT2D eigenvalue weighted by molar-refractivity contribution is 0.341. The van der Waals surface area contributed by atoms with E-state index in [1.807, 2.05) is 0 Å². The molecule has 6 heteroatoms. The first-order chi connectivity index (χ1) is 8.91. The first-order valence-corrected chi connectivity index (χ1v) is 5.36. The molecule has 0 atom stereocenters. The second-order valence-electron chi connectivity index (χ2n) is 3.97. The highest BCUT2D eigenvalue weighted by molar-refractivity contribution is 5.43. The van der Waals surface area contributed by atoms with Crippen molar-refractivity contribution in [3.8, 4) is 11.5 Å². The van der Waals surface area contributed by atoms with E-state index in [1.165, 1.54) is 0 Å². The van der Waals surface area contributed by atoms with Crippen molar-refractivity contribution < 1.29 is 22.3 Å². The van der Waals surface area contributed by atoms with Crippen LogP contribution < -0.4 is 4.74 Å². The highest BCUT2D eigenvalue weighted by Gasteiger charge is 2.23. The summed E-state index contributed by atoms with van der Waals surface area (Å²) >= 11 is 0. The van der Waals surface area contributed by atoms with Crippen LogP contribution in [0.3, 0.4) is 0 Å². The fraction of sp³-hybridized carbons (Fsp3) is 0.154. The number of pyridine rings is 1. The minimum absolute atomic E-state index is 0.144. The van der Waals surface area contributed by atoms with Gasteiger partial charge in [0.1, 0.15) is 5.75 Å². The van der Waals surface area contributed by atoms with Crippen LogP contribution in [0.2, 0.25) is 0 Å². The lowest BCUT2D eigenvalue weighted by Crippen LogP contribution is -2.04. The van der Waals surface area contributed by atoms with Gasteiger partial charge in [-0.3, -0.25) is 0 Å². The standard InChI is InChI=1S/C13H9F4NO/c1-6-4-3-5-7(2)10(6)19-11-8(14)12(16)18-13(17)9(11)15/h3-5H,1-2H3. The van der Waals surface area contributed by atoms with Crippen LogP contribution in [-0.2, 0) is 0 Å². The van der Waals surface area contributed by atoms with E-state index in [1.54, 1.807) is 32.0 Å². The van der Waals surface area contributed by atoms with Gasteiger partial charge in [0, 0.05) is 0 Å². The lowest BCUT2D eigenvalue weighted by atomic mass is 10.1. The van der Waals surface area contributed by atoms with Crippen molar-refractivity contribution in [2.24, 2.45) is 0 Å². The van der Waals surface area contributed by atoms with Crippen LogP contribution in [-0.4, -0.2) is 4.98 Å². The molecule has 0 aliphatic heterocycles. The van der Waals surface area contributed by atoms with Crippen LogP contribution in [0.25, 0.3) is 0 Å². The Morgan fingerprint density at radius 2 is 1.32 bits per heavy atom. The molecule has 2 rings (SSSR count). The Labute approximate surface area is 106 Å². The Bertz CT molecular complexity index is 597. The third-order valence-electron chi connectivity index (χ3n) is 2.57. The predicted octanol–water partition coefficient (Wildman–Crippen LogP) is 4.05. The number of benzene rings is 1. The summed E-state index contributed by atoms with van der Waals surface area (Å²) in [5, 5.41) is 0. The molecule has 19 heavy (non-hydrogen) atoms. The molecule has 100 valence electrons. The first kappa shape index (κ1) is 13.3. The topological polar surface area (TPSA) is 22.1 Å². The van der Waals surface area contributed by atoms with Crippen molar-refractivity contribution in [3.05, 3.63) is 52.9 Å². The number of hydrogen-bond acceptors (Lipinski definition) is 2. The zero-order valence-corrected chi connectivity index (χ0v) is 10.1. The molecule has 0 saturated heterocycles. The number of aryl methyl sites for hydroxylation is 2. The molecular formula is C13H9F4NO. The fourth-order valence-corrected chi connectivity index (χ4v) is 1.62. The molecule has 0 fully saturated rings. The van der Waals surface area contributed by atoms with Crippen LogP contribution in [0.4, 0.5) is 17.6 Å². The normalized spacial score (nSPS) is 10.6. The van der Waals surface area contributed by atoms with Gasteiger partial charge in [-0.2, -0.15) is 22.5 Å². The lowest BCUT2D eigenvalue weighted by Gasteiger charge is -2.12. The SMILES string of the molecule is Cc1cccc(C)c1Oc1c(F)c(F)nc(F)c1F. The Balaban J connectivity index is 2.56. The summed E-state index contributed by atoms with van der Waals surface area (Å²) in [6.07, 6.45) is 0. The Hall–Kier alpha value is -2.11. The molecular weight excluding hydrogens is 262 g/mol. The number of ether oxygens (including phenoxy) is 1. The van der Waals surface area contributed by atoms with Crippen molar-refractivity contribution in [1.82, 2.24) is 4.98 Å². The first-order valence-electron chi connectivity index (χ1n) is 5.36. The highest BCUT2D eigenvalue weighted by atomic mass is 19.2. The maximum atomic E-state index is 13.4. The van der Waals surface area contributed by atoms with E-state index in [-0.39, 0.29) is 5.75 Å². The molecule has 0 N–H and O–H groups in total. The summed E-state index contributed by atoms with van der Waals surface area (Å²) in [4.78, 5) is 2.46. The molecule has 0 unspecified atom stereocenters. The van der Waals surface area contributed by atoms with Gasteiger partial charge in [-0.1, -0.05) is 18.2 Å². The summed E-state index contributed by atoms with van der Waals surface area (Å²) in [5.74, 6) is -7.82. The maximum absolute atomic E-state index is 13.4. The summed E-state index contributed by atoms with van der Waals surface area (Å²) in [7, 11) is 0. The molecule has 0 bridgehead atoms. The van der Waals surface area contributed by atoms with Gasteiger partial charge in [-0.25, -0.2) is 0 Å². The van der Waals surface area contributed by atoms with Crippen LogP contribution in [0, 0.1) is 37.4 Å². The molecule has 0 aliphatic carbocycles. The summed E-state index contributed by atoms with van der Waals surface area (Å²) in [6.45, 7) is 3.29. The molecule has 0 spiro atoms. The monoisotopic (exact) mass is 271 g/mol. The number of hydrogen-bond donors (Lipinski definition) is 0. The number of nitrogens with zero attached hydrogens (tertiary/aromatic N) is 1. The van der Waals surface area contributed by atoms with Crippen LogP contribution in [0.1, 0.15) is 11.1 Å². The van der Waals surface area contributed by atoms with E-state index < -0.39 is 29.3 Å². The van der Waals surface area contributed by atoms with Crippen molar-refractivity contribution in [2.75, 3.05) is 0 Å². The zero-order chi connectivity index (χ0) is 14.2. The molecule has 1 aromatic carbocycles. The van der Waals surface area contributed by atoms with E-state index in [0.717, 1.165) is 0 Å². The molecule has 0 radical (unpaired) electrons. The van der Waals surface area contributed by atoms with Gasteiger partial charge in [-0.05, 0) is 25.0 Å². The predicted molar refractivity (Wildman–Crippen MR) is 60.1 cm³/mol. The molecule has 2 nitrogen and oxygen atoms in total. The second kappa shape index (κ2) is 4.87. The number of para-hydroxylation sites is 1. The van der Waals surface area contributed by atoms with Crippen molar-refractivity contribution in [1.29, 1.82) is 0 Å². The van der Waals surface area contributed by atoms with Gasteiger partial charge in [0.25, 0.3) is 11.9 Å². The van der Waals surface area contributed by atoms with Crippen LogP contribution in [0.15, 0.2) is 18.2 Å². The maximum Gasteiger partial charge on any atom is 0.255 e. The fourth-order valence-electron chi connectivity index (χ4n) is 1.62. The Kier molecular flexibility index (Phi) is 3.42. The molecule has 0 amide bonds. The quantitative estimate of drug-likeness (QED) is 0.607. The minimum Gasteiger partial charge on any atom is -0.450 e. The molecule has 1 aromatic heterocycles. The van der Waals surface area contributed by atoms with Gasteiger partial charge in [0.15, 0.2) is 0 Å². The van der Waals surface area contributed by atoms with Crippen molar-refractivity contribution in [2.45, 2.75) is 13.8 Å². The van der Waals surface area contributed by atoms with E-state index in [2.05, 4.69) is 4.98 Å². The molecule has 2 aromatic rings. The van der Waals surface area contributed by atoms with Gasteiger partial charge >= 0.3 is 0 Å². The van der Waals surface area contributed by atoms with E-state index in [0.29, 0.717) is 11.1 Å². The third-order valence-corrected chi connectivity index (χ3v) is 2.57. The largest absolute Gasteiger partial charge is 0.450 e. The number of aromatic nitrogens is 1. The van der Waals surface area contributed by atoms with E-state index >= 15 is 0 Å². The zero-order valence-electron chi connectivity index (χ0n) is 10.1. The molecule has 1 heterocycles. The van der Waals surface area contributed by atoms with Gasteiger partial charge in [0.05, 0.1) is 0 Å². The third kappa shape index (κ3) is 2.38. The molecule has 0 saturated carbocycles. The van der Waals surface area contributed by atoms with Crippen LogP contribution in [0.5, 0.6) is 11.5 Å². The smallest absolute Gasteiger partial charge is 0.255 e. The number of halogens is 4. The Morgan fingerprint density at radius 3 is 1.79 bits per heavy atom. The molecule has 0 aliphatic rings. The van der Waals surface area contributed by atoms with Crippen molar-refractivity contribution >= 4 is 0 Å². The minimum atomic E-state index is -1.75. The van der Waals surface area contributed by atoms with E-state index in [9.17, 15) is 17.6 Å². The van der Waals surface area contributed by atoms with Gasteiger partial charge in [-0.15, -0.1) is 0 Å².